The summed E-state index contributed by atoms with van der Waals surface area (Å²) >= 11 is 1.39. The number of amides is 1. The van der Waals surface area contributed by atoms with Gasteiger partial charge in [-0.2, -0.15) is 0 Å². The molecule has 1 aromatic rings. The highest BCUT2D eigenvalue weighted by Crippen LogP contribution is 2.44. The van der Waals surface area contributed by atoms with E-state index in [0.29, 0.717) is 34.5 Å². The molecule has 2 aliphatic heterocycles. The lowest BCUT2D eigenvalue weighted by atomic mass is 9.94. The van der Waals surface area contributed by atoms with Gasteiger partial charge in [-0.1, -0.05) is 17.8 Å². The number of thioether (sulfide) groups is 1. The number of benzene rings is 1. The first-order valence-corrected chi connectivity index (χ1v) is 9.49. The minimum atomic E-state index is -0.625. The molecule has 2 aliphatic rings. The Bertz CT molecular complexity index is 849. The number of carbonyl (C=O) groups excluding carboxylic acids is 2. The average Bonchev–Trinajstić information content (AvgIpc) is 2.94. The van der Waals surface area contributed by atoms with Crippen molar-refractivity contribution >= 4 is 28.8 Å². The van der Waals surface area contributed by atoms with Gasteiger partial charge < -0.3 is 14.2 Å². The topological polar surface area (TPSA) is 77.4 Å². The van der Waals surface area contributed by atoms with E-state index in [0.717, 1.165) is 5.56 Å². The molecule has 0 aromatic heterocycles. The van der Waals surface area contributed by atoms with Gasteiger partial charge in [0.25, 0.3) is 0 Å². The summed E-state index contributed by atoms with van der Waals surface area (Å²) in [6.07, 6.45) is 0. The van der Waals surface area contributed by atoms with Crippen LogP contribution in [0.4, 0.5) is 0 Å². The third-order valence-electron chi connectivity index (χ3n) is 4.47. The lowest BCUT2D eigenvalue weighted by molar-refractivity contribution is -0.137. The number of rotatable bonds is 5. The molecule has 7 nitrogen and oxygen atoms in total. The first kappa shape index (κ1) is 19.3. The number of aliphatic imine (C=N–C) groups is 1. The van der Waals surface area contributed by atoms with Crippen molar-refractivity contribution in [2.75, 3.05) is 20.8 Å². The monoisotopic (exact) mass is 390 g/mol. The largest absolute Gasteiger partial charge is 0.493 e. The standard InChI is InChI=1S/C19H22N2O5S/c1-6-26-13-8-7-12(9-14(13)24-4)16-15(18(23)25-5)10(2)20-19-21(16)17(22)11(3)27-19/h7-9,11,16H,6H2,1-5H3/t11-,16-/m1/s1. The van der Waals surface area contributed by atoms with E-state index in [2.05, 4.69) is 4.99 Å². The second-order valence-electron chi connectivity index (χ2n) is 6.10. The van der Waals surface area contributed by atoms with E-state index >= 15 is 0 Å². The average molecular weight is 390 g/mol. The molecule has 144 valence electrons. The van der Waals surface area contributed by atoms with Gasteiger partial charge >= 0.3 is 5.97 Å². The van der Waals surface area contributed by atoms with Crippen LogP contribution in [0.2, 0.25) is 0 Å². The summed E-state index contributed by atoms with van der Waals surface area (Å²) in [5.74, 6) is 0.535. The normalized spacial score (nSPS) is 21.7. The van der Waals surface area contributed by atoms with Crippen molar-refractivity contribution in [1.82, 2.24) is 4.90 Å². The highest BCUT2D eigenvalue weighted by Gasteiger charge is 2.46. The molecule has 1 amide bonds. The predicted octanol–water partition coefficient (Wildman–Crippen LogP) is 2.92. The molecule has 0 saturated carbocycles. The molecule has 8 heteroatoms. The molecule has 2 atom stereocenters. The van der Waals surface area contributed by atoms with Crippen LogP contribution in [0.5, 0.6) is 11.5 Å². The maximum atomic E-state index is 12.8. The molecule has 0 spiro atoms. The Balaban J connectivity index is 2.16. The van der Waals surface area contributed by atoms with E-state index in [9.17, 15) is 9.59 Å². The van der Waals surface area contributed by atoms with E-state index < -0.39 is 12.0 Å². The number of nitrogens with zero attached hydrogens (tertiary/aromatic N) is 2. The number of hydrogen-bond acceptors (Lipinski definition) is 7. The van der Waals surface area contributed by atoms with Crippen molar-refractivity contribution in [3.8, 4) is 11.5 Å². The van der Waals surface area contributed by atoms with Gasteiger partial charge in [-0.15, -0.1) is 0 Å². The molecule has 0 radical (unpaired) electrons. The van der Waals surface area contributed by atoms with Crippen LogP contribution in [-0.4, -0.2) is 48.0 Å². The zero-order valence-corrected chi connectivity index (χ0v) is 16.8. The first-order valence-electron chi connectivity index (χ1n) is 8.61. The minimum Gasteiger partial charge on any atom is -0.493 e. The number of ether oxygens (including phenoxy) is 3. The van der Waals surface area contributed by atoms with E-state index in [4.69, 9.17) is 14.2 Å². The summed E-state index contributed by atoms with van der Waals surface area (Å²) in [5, 5.41) is 0.330. The zero-order chi connectivity index (χ0) is 19.7. The zero-order valence-electron chi connectivity index (χ0n) is 15.9. The van der Waals surface area contributed by atoms with Crippen molar-refractivity contribution in [2.24, 2.45) is 4.99 Å². The van der Waals surface area contributed by atoms with Crippen LogP contribution in [0, 0.1) is 0 Å². The Hall–Kier alpha value is -2.48. The number of fused-ring (bicyclic) bond motifs is 1. The van der Waals surface area contributed by atoms with E-state index in [-0.39, 0.29) is 11.2 Å². The quantitative estimate of drug-likeness (QED) is 0.720. The van der Waals surface area contributed by atoms with Crippen LogP contribution in [0.1, 0.15) is 32.4 Å². The SMILES string of the molecule is CCOc1ccc([C@@H]2C(C(=O)OC)=C(C)N=C3S[C@H](C)C(=O)N32)cc1OC. The highest BCUT2D eigenvalue weighted by atomic mass is 32.2. The second-order valence-corrected chi connectivity index (χ2v) is 7.41. The van der Waals surface area contributed by atoms with Crippen molar-refractivity contribution in [2.45, 2.75) is 32.1 Å². The van der Waals surface area contributed by atoms with Crippen LogP contribution >= 0.6 is 11.8 Å². The molecule has 1 fully saturated rings. The molecule has 2 heterocycles. The molecule has 1 saturated heterocycles. The Morgan fingerprint density at radius 1 is 1.30 bits per heavy atom. The Morgan fingerprint density at radius 2 is 2.04 bits per heavy atom. The second kappa shape index (κ2) is 7.64. The van der Waals surface area contributed by atoms with Crippen LogP contribution in [-0.2, 0) is 14.3 Å². The number of methoxy groups -OCH3 is 2. The summed E-state index contributed by atoms with van der Waals surface area (Å²) in [5.41, 5.74) is 1.61. The molecule has 0 bridgehead atoms. The molecule has 0 N–H and O–H groups in total. The van der Waals surface area contributed by atoms with Crippen LogP contribution in [0.3, 0.4) is 0 Å². The van der Waals surface area contributed by atoms with E-state index in [1.807, 2.05) is 19.9 Å². The summed E-state index contributed by atoms with van der Waals surface area (Å²) in [4.78, 5) is 31.4. The molecule has 1 aromatic carbocycles. The fourth-order valence-corrected chi connectivity index (χ4v) is 4.25. The Kier molecular flexibility index (Phi) is 5.46. The number of esters is 1. The summed E-state index contributed by atoms with van der Waals surface area (Å²) in [6, 6.07) is 4.78. The highest BCUT2D eigenvalue weighted by molar-refractivity contribution is 8.15. The third kappa shape index (κ3) is 3.29. The maximum Gasteiger partial charge on any atom is 0.338 e. The number of allylic oxidation sites excluding steroid dienone is 1. The van der Waals surface area contributed by atoms with Gasteiger partial charge in [0, 0.05) is 0 Å². The molecule has 3 rings (SSSR count). The molecular formula is C19H22N2O5S. The predicted molar refractivity (Wildman–Crippen MR) is 103 cm³/mol. The van der Waals surface area contributed by atoms with E-state index in [1.54, 1.807) is 31.1 Å². The van der Waals surface area contributed by atoms with E-state index in [1.165, 1.54) is 18.9 Å². The van der Waals surface area contributed by atoms with Gasteiger partial charge in [0.05, 0.1) is 43.4 Å². The fourth-order valence-electron chi connectivity index (χ4n) is 3.22. The van der Waals surface area contributed by atoms with Crippen molar-refractivity contribution in [3.63, 3.8) is 0 Å². The lowest BCUT2D eigenvalue weighted by Crippen LogP contribution is -2.40. The summed E-state index contributed by atoms with van der Waals surface area (Å²) < 4.78 is 16.0. The number of hydrogen-bond donors (Lipinski definition) is 0. The van der Waals surface area contributed by atoms with Crippen LogP contribution in [0.25, 0.3) is 0 Å². The first-order chi connectivity index (χ1) is 12.9. The Labute approximate surface area is 162 Å². The summed E-state index contributed by atoms with van der Waals surface area (Å²) in [7, 11) is 2.87. The van der Waals surface area contributed by atoms with Crippen LogP contribution in [0.15, 0.2) is 34.5 Å². The van der Waals surface area contributed by atoms with Gasteiger partial charge in [-0.25, -0.2) is 9.79 Å². The number of carbonyl (C=O) groups is 2. The van der Waals surface area contributed by atoms with Gasteiger partial charge in [-0.05, 0) is 38.5 Å². The van der Waals surface area contributed by atoms with Crippen molar-refractivity contribution < 1.29 is 23.8 Å². The Morgan fingerprint density at radius 3 is 2.67 bits per heavy atom. The van der Waals surface area contributed by atoms with Gasteiger partial charge in [0.2, 0.25) is 5.91 Å². The van der Waals surface area contributed by atoms with Crippen molar-refractivity contribution in [3.05, 3.63) is 35.0 Å². The maximum absolute atomic E-state index is 12.8. The smallest absolute Gasteiger partial charge is 0.338 e. The summed E-state index contributed by atoms with van der Waals surface area (Å²) in [6.45, 7) is 5.97. The van der Waals surface area contributed by atoms with Crippen LogP contribution < -0.4 is 9.47 Å². The molecular weight excluding hydrogens is 368 g/mol. The van der Waals surface area contributed by atoms with Gasteiger partial charge in [0.1, 0.15) is 0 Å². The minimum absolute atomic E-state index is 0.0921. The molecule has 0 aliphatic carbocycles. The molecule has 27 heavy (non-hydrogen) atoms. The molecule has 0 unspecified atom stereocenters. The fraction of sp³-hybridized carbons (Fsp3) is 0.421. The third-order valence-corrected chi connectivity index (χ3v) is 5.52. The van der Waals surface area contributed by atoms with Crippen molar-refractivity contribution in [1.29, 1.82) is 0 Å². The lowest BCUT2D eigenvalue weighted by Gasteiger charge is -2.33. The van der Waals surface area contributed by atoms with Gasteiger partial charge in [0.15, 0.2) is 16.7 Å². The van der Waals surface area contributed by atoms with Gasteiger partial charge in [-0.3, -0.25) is 9.69 Å². The number of amidine groups is 1.